The Morgan fingerprint density at radius 3 is 2.46 bits per heavy atom. The van der Waals surface area contributed by atoms with Crippen molar-refractivity contribution in [1.29, 1.82) is 0 Å². The van der Waals surface area contributed by atoms with E-state index in [0.29, 0.717) is 17.9 Å². The number of benzene rings is 2. The number of amides is 2. The van der Waals surface area contributed by atoms with Crippen LogP contribution in [-0.2, 0) is 9.59 Å². The van der Waals surface area contributed by atoms with Gasteiger partial charge in [-0.1, -0.05) is 36.4 Å². The summed E-state index contributed by atoms with van der Waals surface area (Å²) in [6.07, 6.45) is 0.577. The van der Waals surface area contributed by atoms with E-state index in [-0.39, 0.29) is 29.7 Å². The molecule has 0 radical (unpaired) electrons. The number of anilines is 1. The molecule has 1 aliphatic rings. The second-order valence-corrected chi connectivity index (χ2v) is 6.78. The van der Waals surface area contributed by atoms with Crippen molar-refractivity contribution in [2.75, 3.05) is 12.4 Å². The summed E-state index contributed by atoms with van der Waals surface area (Å²) in [5.41, 5.74) is 2.72. The molecule has 3 rings (SSSR count). The van der Waals surface area contributed by atoms with Crippen LogP contribution in [0.3, 0.4) is 0 Å². The Hall–Kier alpha value is -2.82. The van der Waals surface area contributed by atoms with Crippen LogP contribution < -0.4 is 15.4 Å². The summed E-state index contributed by atoms with van der Waals surface area (Å²) >= 11 is 0. The molecule has 0 heterocycles. The highest BCUT2D eigenvalue weighted by Gasteiger charge is 2.48. The number of carbonyl (C=O) groups is 2. The summed E-state index contributed by atoms with van der Waals surface area (Å²) in [4.78, 5) is 24.9. The summed E-state index contributed by atoms with van der Waals surface area (Å²) in [6, 6.07) is 15.3. The molecule has 136 valence electrons. The maximum atomic E-state index is 12.5. The van der Waals surface area contributed by atoms with Crippen molar-refractivity contribution in [2.24, 2.45) is 11.8 Å². The third kappa shape index (κ3) is 4.04. The van der Waals surface area contributed by atoms with Crippen LogP contribution in [0.2, 0.25) is 0 Å². The maximum absolute atomic E-state index is 12.5. The van der Waals surface area contributed by atoms with Gasteiger partial charge in [-0.15, -0.1) is 0 Å². The van der Waals surface area contributed by atoms with Gasteiger partial charge in [0.15, 0.2) is 0 Å². The van der Waals surface area contributed by atoms with Crippen molar-refractivity contribution >= 4 is 17.5 Å². The predicted molar refractivity (Wildman–Crippen MR) is 101 cm³/mol. The average molecular weight is 352 g/mol. The van der Waals surface area contributed by atoms with Gasteiger partial charge in [-0.2, -0.15) is 0 Å². The van der Waals surface area contributed by atoms with Gasteiger partial charge in [0.05, 0.1) is 30.7 Å². The molecular weight excluding hydrogens is 328 g/mol. The van der Waals surface area contributed by atoms with Crippen molar-refractivity contribution in [3.05, 3.63) is 59.7 Å². The second kappa shape index (κ2) is 7.60. The Morgan fingerprint density at radius 1 is 1.08 bits per heavy atom. The number of nitrogens with one attached hydrogen (secondary N) is 2. The highest BCUT2D eigenvalue weighted by atomic mass is 16.5. The first kappa shape index (κ1) is 18.0. The zero-order valence-electron chi connectivity index (χ0n) is 15.3. The van der Waals surface area contributed by atoms with Crippen LogP contribution in [-0.4, -0.2) is 18.9 Å². The minimum atomic E-state index is -0.289. The Labute approximate surface area is 153 Å². The van der Waals surface area contributed by atoms with Gasteiger partial charge >= 0.3 is 0 Å². The molecule has 0 saturated heterocycles. The van der Waals surface area contributed by atoms with Gasteiger partial charge in [-0.25, -0.2) is 0 Å². The van der Waals surface area contributed by atoms with Gasteiger partial charge < -0.3 is 15.4 Å². The van der Waals surface area contributed by atoms with E-state index in [0.717, 1.165) is 11.1 Å². The normalized spacial score (nSPS) is 19.3. The lowest BCUT2D eigenvalue weighted by atomic mass is 10.1. The molecule has 2 N–H and O–H groups in total. The van der Waals surface area contributed by atoms with Gasteiger partial charge in [0.2, 0.25) is 11.8 Å². The van der Waals surface area contributed by atoms with E-state index >= 15 is 0 Å². The van der Waals surface area contributed by atoms with Gasteiger partial charge in [0.25, 0.3) is 0 Å². The van der Waals surface area contributed by atoms with E-state index in [9.17, 15) is 9.59 Å². The van der Waals surface area contributed by atoms with Crippen molar-refractivity contribution in [3.63, 3.8) is 0 Å². The molecule has 5 heteroatoms. The van der Waals surface area contributed by atoms with Crippen molar-refractivity contribution in [1.82, 2.24) is 5.32 Å². The molecule has 5 nitrogen and oxygen atoms in total. The van der Waals surface area contributed by atoms with Gasteiger partial charge in [0, 0.05) is 0 Å². The Morgan fingerprint density at radius 2 is 1.77 bits per heavy atom. The number of methoxy groups -OCH3 is 1. The van der Waals surface area contributed by atoms with Crippen LogP contribution >= 0.6 is 0 Å². The largest absolute Gasteiger partial charge is 0.495 e. The summed E-state index contributed by atoms with van der Waals surface area (Å²) in [7, 11) is 1.57. The van der Waals surface area contributed by atoms with Crippen LogP contribution in [0.4, 0.5) is 5.69 Å². The number of rotatable bonds is 6. The van der Waals surface area contributed by atoms with Gasteiger partial charge in [-0.3, -0.25) is 9.59 Å². The highest BCUT2D eigenvalue weighted by molar-refractivity contribution is 6.00. The third-order valence-electron chi connectivity index (χ3n) is 4.74. The van der Waals surface area contributed by atoms with Gasteiger partial charge in [-0.05, 0) is 43.5 Å². The minimum absolute atomic E-state index is 0.0716. The monoisotopic (exact) mass is 352 g/mol. The molecule has 1 fully saturated rings. The molecule has 2 amide bonds. The molecule has 0 spiro atoms. The zero-order valence-corrected chi connectivity index (χ0v) is 15.3. The summed E-state index contributed by atoms with van der Waals surface area (Å²) in [5, 5.41) is 5.89. The van der Waals surface area contributed by atoms with E-state index in [1.165, 1.54) is 0 Å². The first-order chi connectivity index (χ1) is 12.5. The number of hydrogen-bond acceptors (Lipinski definition) is 3. The Kier molecular flexibility index (Phi) is 5.26. The topological polar surface area (TPSA) is 67.4 Å². The Bertz CT molecular complexity index is 804. The third-order valence-corrected chi connectivity index (χ3v) is 4.74. The van der Waals surface area contributed by atoms with Crippen molar-refractivity contribution < 1.29 is 14.3 Å². The average Bonchev–Trinajstić information content (AvgIpc) is 3.43. The predicted octanol–water partition coefficient (Wildman–Crippen LogP) is 3.46. The molecule has 0 bridgehead atoms. The van der Waals surface area contributed by atoms with E-state index in [1.54, 1.807) is 7.11 Å². The molecule has 2 aromatic carbocycles. The second-order valence-electron chi connectivity index (χ2n) is 6.78. The summed E-state index contributed by atoms with van der Waals surface area (Å²) in [6.45, 7) is 3.90. The molecule has 2 aromatic rings. The lowest BCUT2D eigenvalue weighted by Crippen LogP contribution is -2.29. The molecule has 1 saturated carbocycles. The first-order valence-corrected chi connectivity index (χ1v) is 8.80. The number of ether oxygens (including phenoxy) is 1. The standard InChI is InChI=1S/C21H24N2O3/c1-13-9-10-19(26-3)18(11-13)23-21(25)17-12-16(17)20(24)22-14(2)15-7-5-4-6-8-15/h4-11,14,16-17H,12H2,1-3H3,(H,22,24)(H,23,25). The number of hydrogen-bond donors (Lipinski definition) is 2. The number of carbonyl (C=O) groups excluding carboxylic acids is 2. The van der Waals surface area contributed by atoms with Crippen LogP contribution in [0.5, 0.6) is 5.75 Å². The van der Waals surface area contributed by atoms with Crippen molar-refractivity contribution in [2.45, 2.75) is 26.3 Å². The van der Waals surface area contributed by atoms with E-state index in [4.69, 9.17) is 4.74 Å². The molecule has 26 heavy (non-hydrogen) atoms. The quantitative estimate of drug-likeness (QED) is 0.837. The summed E-state index contributed by atoms with van der Waals surface area (Å²) < 4.78 is 5.28. The Balaban J connectivity index is 1.57. The lowest BCUT2D eigenvalue weighted by molar-refractivity contribution is -0.125. The lowest BCUT2D eigenvalue weighted by Gasteiger charge is -2.14. The molecule has 0 aromatic heterocycles. The van der Waals surface area contributed by atoms with Crippen LogP contribution in [0.1, 0.15) is 30.5 Å². The zero-order chi connectivity index (χ0) is 18.7. The van der Waals surface area contributed by atoms with Crippen LogP contribution in [0, 0.1) is 18.8 Å². The summed E-state index contributed by atoms with van der Waals surface area (Å²) in [5.74, 6) is -0.150. The molecule has 3 unspecified atom stereocenters. The SMILES string of the molecule is COc1ccc(C)cc1NC(=O)C1CC1C(=O)NC(C)c1ccccc1. The first-order valence-electron chi connectivity index (χ1n) is 8.80. The molecule has 3 atom stereocenters. The fraction of sp³-hybridized carbons (Fsp3) is 0.333. The highest BCUT2D eigenvalue weighted by Crippen LogP contribution is 2.40. The molecular formula is C21H24N2O3. The van der Waals surface area contributed by atoms with E-state index in [1.807, 2.05) is 62.4 Å². The number of aryl methyl sites for hydroxylation is 1. The molecule has 0 aliphatic heterocycles. The minimum Gasteiger partial charge on any atom is -0.495 e. The van der Waals surface area contributed by atoms with Crippen LogP contribution in [0.25, 0.3) is 0 Å². The smallest absolute Gasteiger partial charge is 0.228 e. The van der Waals surface area contributed by atoms with E-state index < -0.39 is 0 Å². The van der Waals surface area contributed by atoms with Crippen LogP contribution in [0.15, 0.2) is 48.5 Å². The molecule has 1 aliphatic carbocycles. The fourth-order valence-electron chi connectivity index (χ4n) is 3.06. The fourth-order valence-corrected chi connectivity index (χ4v) is 3.06. The van der Waals surface area contributed by atoms with Gasteiger partial charge in [0.1, 0.15) is 5.75 Å². The van der Waals surface area contributed by atoms with Crippen molar-refractivity contribution in [3.8, 4) is 5.75 Å². The van der Waals surface area contributed by atoms with E-state index in [2.05, 4.69) is 10.6 Å². The maximum Gasteiger partial charge on any atom is 0.228 e.